The van der Waals surface area contributed by atoms with Crippen molar-refractivity contribution in [1.82, 2.24) is 20.8 Å². The van der Waals surface area contributed by atoms with Crippen LogP contribution in [0.25, 0.3) is 17.0 Å². The summed E-state index contributed by atoms with van der Waals surface area (Å²) in [4.78, 5) is 16.6. The van der Waals surface area contributed by atoms with Gasteiger partial charge in [-0.15, -0.1) is 0 Å². The Morgan fingerprint density at radius 3 is 2.96 bits per heavy atom. The maximum absolute atomic E-state index is 12.2. The Labute approximate surface area is 146 Å². The minimum absolute atomic E-state index is 0.102. The molecule has 3 N–H and O–H groups in total. The summed E-state index contributed by atoms with van der Waals surface area (Å²) in [5.74, 6) is 0.779. The molecule has 25 heavy (non-hydrogen) atoms. The van der Waals surface area contributed by atoms with Gasteiger partial charge in [0.25, 0.3) is 5.91 Å². The van der Waals surface area contributed by atoms with Crippen LogP contribution >= 0.6 is 0 Å². The number of hydrogen-bond acceptors (Lipinski definition) is 5. The molecule has 3 rings (SSSR count). The van der Waals surface area contributed by atoms with Crippen LogP contribution in [0, 0.1) is 5.92 Å². The third-order valence-electron chi connectivity index (χ3n) is 3.93. The van der Waals surface area contributed by atoms with Crippen LogP contribution in [0.4, 0.5) is 0 Å². The average molecular weight is 341 g/mol. The Hall–Kier alpha value is -2.67. The zero-order chi connectivity index (χ0) is 17.8. The summed E-state index contributed by atoms with van der Waals surface area (Å²) in [6, 6.07) is 5.92. The number of guanidine groups is 1. The van der Waals surface area contributed by atoms with Gasteiger partial charge >= 0.3 is 0 Å². The molecular weight excluding hydrogens is 318 g/mol. The van der Waals surface area contributed by atoms with Crippen LogP contribution in [0.1, 0.15) is 25.8 Å². The highest BCUT2D eigenvalue weighted by Gasteiger charge is 2.22. The number of rotatable bonds is 6. The van der Waals surface area contributed by atoms with Crippen LogP contribution in [0.3, 0.4) is 0 Å². The second-order valence-corrected chi connectivity index (χ2v) is 6.59. The fraction of sp³-hybridized carbons (Fsp3) is 0.389. The number of nitrogens with one attached hydrogen (secondary N) is 3. The Balaban J connectivity index is 1.76. The molecular formula is C18H23N5O2. The van der Waals surface area contributed by atoms with Crippen LogP contribution in [-0.2, 0) is 9.53 Å². The molecule has 1 aliphatic heterocycles. The zero-order valence-electron chi connectivity index (χ0n) is 14.7. The molecule has 1 amide bonds. The van der Waals surface area contributed by atoms with E-state index in [1.807, 2.05) is 18.2 Å². The summed E-state index contributed by atoms with van der Waals surface area (Å²) in [5.41, 5.74) is 2.24. The van der Waals surface area contributed by atoms with Gasteiger partial charge in [-0.25, -0.2) is 4.99 Å². The normalized spacial score (nSPS) is 17.2. The lowest BCUT2D eigenvalue weighted by Crippen LogP contribution is -2.45. The number of H-pyrrole nitrogens is 1. The number of aromatic nitrogens is 2. The molecule has 2 aromatic rings. The van der Waals surface area contributed by atoms with E-state index in [4.69, 9.17) is 4.74 Å². The highest BCUT2D eigenvalue weighted by molar-refractivity contribution is 6.13. The van der Waals surface area contributed by atoms with E-state index in [1.54, 1.807) is 19.4 Å². The van der Waals surface area contributed by atoms with Crippen molar-refractivity contribution in [2.75, 3.05) is 13.7 Å². The Kier molecular flexibility index (Phi) is 5.14. The largest absolute Gasteiger partial charge is 0.383 e. The molecule has 0 bridgehead atoms. The lowest BCUT2D eigenvalue weighted by molar-refractivity contribution is -0.115. The lowest BCUT2D eigenvalue weighted by Gasteiger charge is -2.20. The second-order valence-electron chi connectivity index (χ2n) is 6.59. The van der Waals surface area contributed by atoms with Gasteiger partial charge in [0, 0.05) is 12.5 Å². The van der Waals surface area contributed by atoms with Gasteiger partial charge in [0.2, 0.25) is 5.96 Å². The van der Waals surface area contributed by atoms with Gasteiger partial charge in [-0.3, -0.25) is 15.2 Å². The summed E-state index contributed by atoms with van der Waals surface area (Å²) < 4.78 is 5.24. The maximum atomic E-state index is 12.2. The van der Waals surface area contributed by atoms with Crippen molar-refractivity contribution in [2.45, 2.75) is 26.3 Å². The van der Waals surface area contributed by atoms with Crippen molar-refractivity contribution in [3.8, 4) is 0 Å². The van der Waals surface area contributed by atoms with Crippen LogP contribution in [0.5, 0.6) is 0 Å². The summed E-state index contributed by atoms with van der Waals surface area (Å²) in [7, 11) is 1.67. The van der Waals surface area contributed by atoms with Gasteiger partial charge in [-0.2, -0.15) is 5.10 Å². The van der Waals surface area contributed by atoms with E-state index in [0.717, 1.165) is 22.9 Å². The molecule has 7 nitrogen and oxygen atoms in total. The molecule has 0 saturated heterocycles. The predicted octanol–water partition coefficient (Wildman–Crippen LogP) is 2.04. The minimum atomic E-state index is -0.212. The van der Waals surface area contributed by atoms with Crippen molar-refractivity contribution < 1.29 is 9.53 Å². The zero-order valence-corrected chi connectivity index (χ0v) is 14.7. The van der Waals surface area contributed by atoms with Gasteiger partial charge < -0.3 is 10.1 Å². The smallest absolute Gasteiger partial charge is 0.276 e. The minimum Gasteiger partial charge on any atom is -0.383 e. The van der Waals surface area contributed by atoms with E-state index in [9.17, 15) is 4.79 Å². The van der Waals surface area contributed by atoms with Gasteiger partial charge in [0.15, 0.2) is 0 Å². The number of nitrogens with zero attached hydrogens (tertiary/aromatic N) is 2. The van der Waals surface area contributed by atoms with E-state index in [-0.39, 0.29) is 11.9 Å². The molecule has 132 valence electrons. The number of methoxy groups -OCH3 is 1. The number of amides is 1. The molecule has 0 fully saturated rings. The number of aromatic amines is 1. The summed E-state index contributed by atoms with van der Waals surface area (Å²) in [5, 5.41) is 13.9. The van der Waals surface area contributed by atoms with E-state index >= 15 is 0 Å². The molecule has 1 aromatic heterocycles. The standard InChI is InChI=1S/C18H23N5O2/c1-11(2)6-14(10-25-3)20-18-21-16(17(24)22-18)8-12-4-5-15-13(7-12)9-19-23-15/h4-5,7-9,11,14H,6,10H2,1-3H3,(H,19,23)(H2,20,21,22,24)/b16-8-/t14-/m1/s1. The number of benzene rings is 1. The molecule has 2 heterocycles. The first-order valence-corrected chi connectivity index (χ1v) is 8.35. The van der Waals surface area contributed by atoms with Crippen molar-refractivity contribution in [2.24, 2.45) is 10.9 Å². The highest BCUT2D eigenvalue weighted by atomic mass is 16.5. The highest BCUT2D eigenvalue weighted by Crippen LogP contribution is 2.17. The molecule has 0 unspecified atom stereocenters. The van der Waals surface area contributed by atoms with Crippen LogP contribution < -0.4 is 10.6 Å². The third kappa shape index (κ3) is 4.24. The van der Waals surface area contributed by atoms with Crippen LogP contribution in [0.15, 0.2) is 35.1 Å². The molecule has 0 radical (unpaired) electrons. The van der Waals surface area contributed by atoms with Crippen molar-refractivity contribution in [3.05, 3.63) is 35.7 Å². The summed E-state index contributed by atoms with van der Waals surface area (Å²) in [6.07, 6.45) is 4.45. The molecule has 0 aliphatic carbocycles. The van der Waals surface area contributed by atoms with E-state index in [2.05, 4.69) is 39.7 Å². The van der Waals surface area contributed by atoms with Gasteiger partial charge in [0.1, 0.15) is 5.70 Å². The van der Waals surface area contributed by atoms with Crippen molar-refractivity contribution in [1.29, 1.82) is 0 Å². The lowest BCUT2D eigenvalue weighted by atomic mass is 10.0. The summed E-state index contributed by atoms with van der Waals surface area (Å²) in [6.45, 7) is 4.86. The van der Waals surface area contributed by atoms with Gasteiger partial charge in [-0.05, 0) is 36.1 Å². The SMILES string of the molecule is COC[C@@H](CC(C)C)NC1=N/C(=C\c2ccc3[nH]ncc3c2)C(=O)N1. The number of carbonyl (C=O) groups excluding carboxylic acids is 1. The Morgan fingerprint density at radius 1 is 1.36 bits per heavy atom. The first kappa shape index (κ1) is 17.2. The van der Waals surface area contributed by atoms with Crippen molar-refractivity contribution >= 4 is 28.8 Å². The second kappa shape index (κ2) is 7.48. The maximum Gasteiger partial charge on any atom is 0.276 e. The number of hydrogen-bond donors (Lipinski definition) is 3. The van der Waals surface area contributed by atoms with Gasteiger partial charge in [-0.1, -0.05) is 19.9 Å². The summed E-state index contributed by atoms with van der Waals surface area (Å²) >= 11 is 0. The van der Waals surface area contributed by atoms with Crippen molar-refractivity contribution in [3.63, 3.8) is 0 Å². The van der Waals surface area contributed by atoms with E-state index < -0.39 is 0 Å². The molecule has 1 aromatic carbocycles. The number of aliphatic imine (C=N–C) groups is 1. The first-order chi connectivity index (χ1) is 12.0. The molecule has 1 aliphatic rings. The van der Waals surface area contributed by atoms with Gasteiger partial charge in [0.05, 0.1) is 24.4 Å². The number of carbonyl (C=O) groups is 1. The molecule has 0 spiro atoms. The first-order valence-electron chi connectivity index (χ1n) is 8.35. The average Bonchev–Trinajstić information content (AvgIpc) is 3.13. The monoisotopic (exact) mass is 341 g/mol. The Morgan fingerprint density at radius 2 is 2.20 bits per heavy atom. The fourth-order valence-electron chi connectivity index (χ4n) is 2.88. The van der Waals surface area contributed by atoms with Crippen LogP contribution in [0.2, 0.25) is 0 Å². The van der Waals surface area contributed by atoms with E-state index in [1.165, 1.54) is 0 Å². The topological polar surface area (TPSA) is 91.4 Å². The van der Waals surface area contributed by atoms with Crippen LogP contribution in [-0.4, -0.2) is 41.8 Å². The third-order valence-corrected chi connectivity index (χ3v) is 3.93. The molecule has 1 atom stereocenters. The molecule has 7 heteroatoms. The fourth-order valence-corrected chi connectivity index (χ4v) is 2.88. The van der Waals surface area contributed by atoms with E-state index in [0.29, 0.717) is 24.2 Å². The number of fused-ring (bicyclic) bond motifs is 1. The predicted molar refractivity (Wildman–Crippen MR) is 97.9 cm³/mol. The molecule has 0 saturated carbocycles. The number of ether oxygens (including phenoxy) is 1. The quantitative estimate of drug-likeness (QED) is 0.701. The Bertz CT molecular complexity index is 822.